The van der Waals surface area contributed by atoms with Crippen LogP contribution in [0.1, 0.15) is 20.8 Å². The summed E-state index contributed by atoms with van der Waals surface area (Å²) in [4.78, 5) is 0. The molecule has 1 aliphatic heterocycles. The van der Waals surface area contributed by atoms with Crippen LogP contribution in [0, 0.1) is 0 Å². The van der Waals surface area contributed by atoms with Crippen LogP contribution in [0.2, 0.25) is 0 Å². The fraction of sp³-hybridized carbons (Fsp3) is 0.571. The van der Waals surface area contributed by atoms with E-state index in [4.69, 9.17) is 14.2 Å². The first-order valence-corrected chi connectivity index (χ1v) is 7.42. The standard InChI is InChI=1S/C14H20BrNO4/c1-8(2)16-9(3)11(17)6-18-12-5-14-13(4-10(12)15)19-7-20-14/h4-5,8-9,11,16-17H,6-7H2,1-3H3. The zero-order chi connectivity index (χ0) is 14.7. The van der Waals surface area contributed by atoms with Gasteiger partial charge < -0.3 is 24.6 Å². The van der Waals surface area contributed by atoms with Crippen LogP contribution in [0.15, 0.2) is 16.6 Å². The number of ether oxygens (including phenoxy) is 3. The van der Waals surface area contributed by atoms with Crippen LogP contribution in [-0.2, 0) is 0 Å². The molecule has 2 unspecified atom stereocenters. The molecule has 0 radical (unpaired) electrons. The molecule has 0 aliphatic carbocycles. The monoisotopic (exact) mass is 345 g/mol. The first-order chi connectivity index (χ1) is 9.47. The Morgan fingerprint density at radius 1 is 1.30 bits per heavy atom. The largest absolute Gasteiger partial charge is 0.489 e. The first kappa shape index (κ1) is 15.4. The van der Waals surface area contributed by atoms with Crippen molar-refractivity contribution in [1.29, 1.82) is 0 Å². The third-order valence-electron chi connectivity index (χ3n) is 3.01. The molecule has 5 nitrogen and oxygen atoms in total. The Morgan fingerprint density at radius 3 is 2.60 bits per heavy atom. The molecule has 0 fully saturated rings. The van der Waals surface area contributed by atoms with Crippen molar-refractivity contribution in [2.45, 2.75) is 39.0 Å². The van der Waals surface area contributed by atoms with Gasteiger partial charge in [-0.15, -0.1) is 0 Å². The fourth-order valence-electron chi connectivity index (χ4n) is 1.97. The summed E-state index contributed by atoms with van der Waals surface area (Å²) in [5.74, 6) is 1.98. The minimum Gasteiger partial charge on any atom is -0.489 e. The minimum atomic E-state index is -0.588. The maximum atomic E-state index is 10.1. The van der Waals surface area contributed by atoms with Gasteiger partial charge in [-0.2, -0.15) is 0 Å². The molecule has 0 bridgehead atoms. The fourth-order valence-corrected chi connectivity index (χ4v) is 2.40. The zero-order valence-corrected chi connectivity index (χ0v) is 13.4. The Bertz CT molecular complexity index is 467. The Balaban J connectivity index is 1.94. The highest BCUT2D eigenvalue weighted by Crippen LogP contribution is 2.40. The van der Waals surface area contributed by atoms with Crippen molar-refractivity contribution in [1.82, 2.24) is 5.32 Å². The summed E-state index contributed by atoms with van der Waals surface area (Å²) in [5, 5.41) is 13.3. The van der Waals surface area contributed by atoms with Gasteiger partial charge in [0.15, 0.2) is 11.5 Å². The van der Waals surface area contributed by atoms with Crippen molar-refractivity contribution >= 4 is 15.9 Å². The summed E-state index contributed by atoms with van der Waals surface area (Å²) < 4.78 is 17.0. The second-order valence-electron chi connectivity index (χ2n) is 5.12. The van der Waals surface area contributed by atoms with Crippen LogP contribution < -0.4 is 19.5 Å². The van der Waals surface area contributed by atoms with Gasteiger partial charge in [-0.1, -0.05) is 13.8 Å². The molecule has 1 aromatic rings. The molecule has 0 saturated heterocycles. The summed E-state index contributed by atoms with van der Waals surface area (Å²) in [7, 11) is 0. The van der Waals surface area contributed by atoms with Gasteiger partial charge in [-0.3, -0.25) is 0 Å². The molecule has 1 aromatic carbocycles. The van der Waals surface area contributed by atoms with E-state index in [1.807, 2.05) is 20.8 Å². The van der Waals surface area contributed by atoms with Gasteiger partial charge >= 0.3 is 0 Å². The molecule has 0 amide bonds. The topological polar surface area (TPSA) is 60.0 Å². The van der Waals surface area contributed by atoms with Crippen LogP contribution in [0.25, 0.3) is 0 Å². The minimum absolute atomic E-state index is 0.0391. The van der Waals surface area contributed by atoms with Gasteiger partial charge in [0.2, 0.25) is 6.79 Å². The number of nitrogens with one attached hydrogen (secondary N) is 1. The van der Waals surface area contributed by atoms with Gasteiger partial charge in [0, 0.05) is 24.2 Å². The van der Waals surface area contributed by atoms with Crippen molar-refractivity contribution < 1.29 is 19.3 Å². The van der Waals surface area contributed by atoms with Gasteiger partial charge in [0.1, 0.15) is 18.5 Å². The molecular formula is C14H20BrNO4. The summed E-state index contributed by atoms with van der Waals surface area (Å²) in [6.45, 7) is 6.45. The molecule has 0 aromatic heterocycles. The van der Waals surface area contributed by atoms with Crippen molar-refractivity contribution in [2.24, 2.45) is 0 Å². The third kappa shape index (κ3) is 3.77. The molecular weight excluding hydrogens is 326 g/mol. The van der Waals surface area contributed by atoms with E-state index in [0.717, 1.165) is 4.47 Å². The average Bonchev–Trinajstić information content (AvgIpc) is 2.81. The molecule has 1 aliphatic rings. The van der Waals surface area contributed by atoms with E-state index in [0.29, 0.717) is 23.3 Å². The lowest BCUT2D eigenvalue weighted by atomic mass is 10.2. The number of aliphatic hydroxyl groups is 1. The Morgan fingerprint density at radius 2 is 1.95 bits per heavy atom. The number of halogens is 1. The molecule has 0 spiro atoms. The second kappa shape index (κ2) is 6.65. The van der Waals surface area contributed by atoms with E-state index in [1.54, 1.807) is 12.1 Å². The van der Waals surface area contributed by atoms with E-state index < -0.39 is 6.10 Å². The number of fused-ring (bicyclic) bond motifs is 1. The zero-order valence-electron chi connectivity index (χ0n) is 11.9. The van der Waals surface area contributed by atoms with Crippen molar-refractivity contribution in [3.05, 3.63) is 16.6 Å². The average molecular weight is 346 g/mol. The predicted octanol–water partition coefficient (Wildman–Crippen LogP) is 2.30. The first-order valence-electron chi connectivity index (χ1n) is 6.63. The molecule has 20 heavy (non-hydrogen) atoms. The van der Waals surface area contributed by atoms with E-state index >= 15 is 0 Å². The highest BCUT2D eigenvalue weighted by atomic mass is 79.9. The highest BCUT2D eigenvalue weighted by Gasteiger charge is 2.19. The van der Waals surface area contributed by atoms with Gasteiger partial charge in [-0.05, 0) is 22.9 Å². The van der Waals surface area contributed by atoms with Gasteiger partial charge in [0.05, 0.1) is 4.47 Å². The number of aliphatic hydroxyl groups excluding tert-OH is 1. The van der Waals surface area contributed by atoms with Gasteiger partial charge in [-0.25, -0.2) is 0 Å². The molecule has 2 atom stereocenters. The molecule has 2 N–H and O–H groups in total. The van der Waals surface area contributed by atoms with Crippen molar-refractivity contribution in [3.63, 3.8) is 0 Å². The quantitative estimate of drug-likeness (QED) is 0.828. The SMILES string of the molecule is CC(C)NC(C)C(O)COc1cc2c(cc1Br)OCO2. The lowest BCUT2D eigenvalue weighted by Gasteiger charge is -2.23. The van der Waals surface area contributed by atoms with E-state index in [1.165, 1.54) is 0 Å². The summed E-state index contributed by atoms with van der Waals surface area (Å²) in [6.07, 6.45) is -0.588. The normalized spacial score (nSPS) is 16.3. The molecule has 1 heterocycles. The maximum absolute atomic E-state index is 10.1. The molecule has 6 heteroatoms. The number of hydrogen-bond acceptors (Lipinski definition) is 5. The molecule has 112 valence electrons. The predicted molar refractivity (Wildman–Crippen MR) is 79.5 cm³/mol. The highest BCUT2D eigenvalue weighted by molar-refractivity contribution is 9.10. The Hall–Kier alpha value is -0.980. The Labute approximate surface area is 127 Å². The molecule has 2 rings (SSSR count). The number of benzene rings is 1. The van der Waals surface area contributed by atoms with Crippen LogP contribution in [-0.4, -0.2) is 36.7 Å². The van der Waals surface area contributed by atoms with Crippen LogP contribution >= 0.6 is 15.9 Å². The van der Waals surface area contributed by atoms with Crippen LogP contribution in [0.5, 0.6) is 17.2 Å². The van der Waals surface area contributed by atoms with E-state index in [9.17, 15) is 5.11 Å². The Kier molecular flexibility index (Phi) is 5.12. The molecule has 0 saturated carbocycles. The second-order valence-corrected chi connectivity index (χ2v) is 5.98. The summed E-state index contributed by atoms with van der Waals surface area (Å²) in [5.41, 5.74) is 0. The van der Waals surface area contributed by atoms with Crippen LogP contribution in [0.4, 0.5) is 0 Å². The maximum Gasteiger partial charge on any atom is 0.231 e. The third-order valence-corrected chi connectivity index (χ3v) is 3.63. The summed E-state index contributed by atoms with van der Waals surface area (Å²) >= 11 is 3.42. The van der Waals surface area contributed by atoms with E-state index in [-0.39, 0.29) is 19.4 Å². The van der Waals surface area contributed by atoms with Crippen molar-refractivity contribution in [3.8, 4) is 17.2 Å². The summed E-state index contributed by atoms with van der Waals surface area (Å²) in [6, 6.07) is 3.85. The van der Waals surface area contributed by atoms with Crippen LogP contribution in [0.3, 0.4) is 0 Å². The van der Waals surface area contributed by atoms with Gasteiger partial charge in [0.25, 0.3) is 0 Å². The number of rotatable bonds is 6. The lowest BCUT2D eigenvalue weighted by Crippen LogP contribution is -2.43. The number of hydrogen-bond donors (Lipinski definition) is 2. The smallest absolute Gasteiger partial charge is 0.231 e. The van der Waals surface area contributed by atoms with Crippen molar-refractivity contribution in [2.75, 3.05) is 13.4 Å². The lowest BCUT2D eigenvalue weighted by molar-refractivity contribution is 0.0755. The van der Waals surface area contributed by atoms with E-state index in [2.05, 4.69) is 21.2 Å².